The molecular weight excluding hydrogens is 318 g/mol. The Labute approximate surface area is 138 Å². The van der Waals surface area contributed by atoms with Crippen molar-refractivity contribution in [3.05, 3.63) is 42.5 Å². The maximum Gasteiger partial charge on any atom is 0.243 e. The van der Waals surface area contributed by atoms with Crippen LogP contribution in [-0.2, 0) is 16.6 Å². The van der Waals surface area contributed by atoms with Gasteiger partial charge in [-0.3, -0.25) is 0 Å². The molecule has 0 saturated heterocycles. The molecule has 2 N–H and O–H groups in total. The number of nitrogens with one attached hydrogen (secondary N) is 2. The first-order valence-electron chi connectivity index (χ1n) is 7.17. The fraction of sp³-hybridized carbons (Fsp3) is 0.400. The van der Waals surface area contributed by atoms with Gasteiger partial charge in [0, 0.05) is 26.2 Å². The highest BCUT2D eigenvalue weighted by molar-refractivity contribution is 7.89. The number of benzene rings is 1. The van der Waals surface area contributed by atoms with Crippen molar-refractivity contribution in [3.8, 4) is 0 Å². The third-order valence-corrected chi connectivity index (χ3v) is 5.48. The van der Waals surface area contributed by atoms with Crippen molar-refractivity contribution < 1.29 is 8.42 Å². The molecule has 0 fully saturated rings. The summed E-state index contributed by atoms with van der Waals surface area (Å²) < 4.78 is 26.2. The summed E-state index contributed by atoms with van der Waals surface area (Å²) in [7, 11) is -3.40. The molecule has 0 aliphatic rings. The summed E-state index contributed by atoms with van der Waals surface area (Å²) in [5.41, 5.74) is 0.959. The minimum absolute atomic E-state index is 0.312. The van der Waals surface area contributed by atoms with Crippen LogP contribution in [0.1, 0.15) is 19.4 Å². The van der Waals surface area contributed by atoms with Crippen LogP contribution in [0.3, 0.4) is 0 Å². The van der Waals surface area contributed by atoms with Crippen LogP contribution in [-0.4, -0.2) is 37.5 Å². The van der Waals surface area contributed by atoms with E-state index in [1.165, 1.54) is 4.31 Å². The van der Waals surface area contributed by atoms with Crippen LogP contribution in [0, 0.1) is 0 Å². The molecule has 0 bridgehead atoms. The molecule has 7 heteroatoms. The van der Waals surface area contributed by atoms with Crippen molar-refractivity contribution in [2.24, 2.45) is 0 Å². The first-order chi connectivity index (χ1) is 10.5. The van der Waals surface area contributed by atoms with Crippen LogP contribution >= 0.6 is 12.2 Å². The lowest BCUT2D eigenvalue weighted by atomic mass is 10.2. The lowest BCUT2D eigenvalue weighted by Gasteiger charge is -2.18. The van der Waals surface area contributed by atoms with Gasteiger partial charge in [0.2, 0.25) is 10.0 Å². The van der Waals surface area contributed by atoms with Gasteiger partial charge in [0.15, 0.2) is 5.11 Å². The number of rotatable bonds is 8. The smallest absolute Gasteiger partial charge is 0.243 e. The van der Waals surface area contributed by atoms with Gasteiger partial charge in [0.25, 0.3) is 0 Å². The fourth-order valence-corrected chi connectivity index (χ4v) is 3.52. The number of hydrogen-bond donors (Lipinski definition) is 2. The molecule has 0 spiro atoms. The highest BCUT2D eigenvalue weighted by Crippen LogP contribution is 2.16. The van der Waals surface area contributed by atoms with Crippen LogP contribution in [0.15, 0.2) is 41.8 Å². The van der Waals surface area contributed by atoms with E-state index in [-0.39, 0.29) is 0 Å². The van der Waals surface area contributed by atoms with E-state index in [1.54, 1.807) is 30.3 Å². The molecule has 1 aromatic carbocycles. The highest BCUT2D eigenvalue weighted by Gasteiger charge is 2.20. The van der Waals surface area contributed by atoms with E-state index in [9.17, 15) is 8.42 Å². The predicted octanol–water partition coefficient (Wildman–Crippen LogP) is 1.87. The normalized spacial score (nSPS) is 11.2. The molecule has 5 nitrogen and oxygen atoms in total. The molecule has 0 saturated carbocycles. The van der Waals surface area contributed by atoms with E-state index in [1.807, 2.05) is 13.8 Å². The lowest BCUT2D eigenvalue weighted by molar-refractivity contribution is 0.445. The Balaban J connectivity index is 2.71. The van der Waals surface area contributed by atoms with E-state index in [2.05, 4.69) is 17.2 Å². The Morgan fingerprint density at radius 1 is 1.23 bits per heavy atom. The topological polar surface area (TPSA) is 61.4 Å². The van der Waals surface area contributed by atoms with Gasteiger partial charge in [-0.1, -0.05) is 32.1 Å². The van der Waals surface area contributed by atoms with Crippen LogP contribution in [0.2, 0.25) is 0 Å². The predicted molar refractivity (Wildman–Crippen MR) is 94.2 cm³/mol. The Bertz CT molecular complexity index is 594. The molecule has 0 amide bonds. The zero-order valence-electron chi connectivity index (χ0n) is 13.0. The van der Waals surface area contributed by atoms with Crippen LogP contribution in [0.4, 0.5) is 0 Å². The van der Waals surface area contributed by atoms with Crippen molar-refractivity contribution in [1.82, 2.24) is 14.9 Å². The number of thiocarbonyl (C=S) groups is 1. The number of nitrogens with zero attached hydrogens (tertiary/aromatic N) is 1. The minimum atomic E-state index is -3.40. The molecule has 1 aromatic rings. The van der Waals surface area contributed by atoms with Gasteiger partial charge in [0.05, 0.1) is 4.90 Å². The Morgan fingerprint density at radius 2 is 1.82 bits per heavy atom. The van der Waals surface area contributed by atoms with E-state index in [4.69, 9.17) is 12.2 Å². The molecule has 0 aliphatic carbocycles. The van der Waals surface area contributed by atoms with Gasteiger partial charge in [-0.2, -0.15) is 4.31 Å². The maximum atomic E-state index is 12.4. The van der Waals surface area contributed by atoms with Gasteiger partial charge in [-0.15, -0.1) is 6.58 Å². The standard InChI is InChI=1S/C15H23N3O2S2/c1-4-11-16-15(21)17-12-13-7-9-14(10-8-13)22(19,20)18(5-2)6-3/h4,7-10H,1,5-6,11-12H2,2-3H3,(H2,16,17,21). The van der Waals surface area contributed by atoms with Gasteiger partial charge >= 0.3 is 0 Å². The third-order valence-electron chi connectivity index (χ3n) is 3.13. The van der Waals surface area contributed by atoms with Crippen LogP contribution in [0.25, 0.3) is 0 Å². The van der Waals surface area contributed by atoms with Gasteiger partial charge in [-0.05, 0) is 29.9 Å². The van der Waals surface area contributed by atoms with Crippen LogP contribution in [0.5, 0.6) is 0 Å². The summed E-state index contributed by atoms with van der Waals surface area (Å²) in [5, 5.41) is 6.56. The van der Waals surface area contributed by atoms with E-state index >= 15 is 0 Å². The number of sulfonamides is 1. The summed E-state index contributed by atoms with van der Waals surface area (Å²) in [4.78, 5) is 0.312. The summed E-state index contributed by atoms with van der Waals surface area (Å²) in [6, 6.07) is 6.84. The SMILES string of the molecule is C=CCNC(=S)NCc1ccc(S(=O)(=O)N(CC)CC)cc1. The molecule has 122 valence electrons. The first kappa shape index (κ1) is 18.6. The van der Waals surface area contributed by atoms with Crippen molar-refractivity contribution in [3.63, 3.8) is 0 Å². The molecule has 1 rings (SSSR count). The zero-order valence-corrected chi connectivity index (χ0v) is 14.6. The lowest BCUT2D eigenvalue weighted by Crippen LogP contribution is -2.34. The molecule has 0 unspecified atom stereocenters. The molecule has 0 heterocycles. The van der Waals surface area contributed by atoms with Gasteiger partial charge < -0.3 is 10.6 Å². The summed E-state index contributed by atoms with van der Waals surface area (Å²) in [6.45, 7) is 9.33. The fourth-order valence-electron chi connectivity index (χ4n) is 1.90. The molecule has 22 heavy (non-hydrogen) atoms. The Morgan fingerprint density at radius 3 is 2.32 bits per heavy atom. The quantitative estimate of drug-likeness (QED) is 0.558. The summed E-state index contributed by atoms with van der Waals surface area (Å²) in [6.07, 6.45) is 1.72. The Hall–Kier alpha value is -1.44. The largest absolute Gasteiger partial charge is 0.359 e. The average Bonchev–Trinajstić information content (AvgIpc) is 2.52. The van der Waals surface area contributed by atoms with E-state index < -0.39 is 10.0 Å². The average molecular weight is 342 g/mol. The maximum absolute atomic E-state index is 12.4. The second-order valence-corrected chi connectivity index (χ2v) is 6.93. The zero-order chi connectivity index (χ0) is 16.6. The monoisotopic (exact) mass is 341 g/mol. The molecule has 0 atom stereocenters. The third kappa shape index (κ3) is 5.08. The second-order valence-electron chi connectivity index (χ2n) is 4.59. The number of hydrogen-bond acceptors (Lipinski definition) is 3. The minimum Gasteiger partial charge on any atom is -0.359 e. The Kier molecular flexibility index (Phi) is 7.50. The molecule has 0 aromatic heterocycles. The molecule has 0 radical (unpaired) electrons. The van der Waals surface area contributed by atoms with Crippen molar-refractivity contribution in [1.29, 1.82) is 0 Å². The van der Waals surface area contributed by atoms with E-state index in [0.717, 1.165) is 5.56 Å². The second kappa shape index (κ2) is 8.87. The van der Waals surface area contributed by atoms with Gasteiger partial charge in [-0.25, -0.2) is 8.42 Å². The summed E-state index contributed by atoms with van der Waals surface area (Å²) in [5.74, 6) is 0. The molecular formula is C15H23N3O2S2. The highest BCUT2D eigenvalue weighted by atomic mass is 32.2. The van der Waals surface area contributed by atoms with Crippen molar-refractivity contribution in [2.75, 3.05) is 19.6 Å². The van der Waals surface area contributed by atoms with E-state index in [0.29, 0.717) is 36.2 Å². The van der Waals surface area contributed by atoms with Crippen molar-refractivity contribution >= 4 is 27.4 Å². The van der Waals surface area contributed by atoms with Crippen LogP contribution < -0.4 is 10.6 Å². The summed E-state index contributed by atoms with van der Waals surface area (Å²) >= 11 is 5.10. The van der Waals surface area contributed by atoms with Gasteiger partial charge in [0.1, 0.15) is 0 Å². The van der Waals surface area contributed by atoms with Crippen molar-refractivity contribution in [2.45, 2.75) is 25.3 Å². The first-order valence-corrected chi connectivity index (χ1v) is 9.02. The molecule has 0 aliphatic heterocycles.